The third-order valence-electron chi connectivity index (χ3n) is 4.97. The first-order chi connectivity index (χ1) is 16.5. The van der Waals surface area contributed by atoms with Crippen molar-refractivity contribution in [3.63, 3.8) is 0 Å². The van der Waals surface area contributed by atoms with E-state index in [1.165, 1.54) is 18.3 Å². The standard InChI is InChI=1S/C22H13N5O5S2/c28-13-7-3-1-5-11(13)18(30)26-25-16-15(19-24-12-6-2-4-8-14(12)34-19)17(29)21(32)27(20(16)31)22-23-9-10-33-22/h1-10,15,28H,(H,26,30)/b25-16-/t15-/m1/s1. The third kappa shape index (κ3) is 3.64. The van der Waals surface area contributed by atoms with Crippen molar-refractivity contribution in [2.75, 3.05) is 4.90 Å². The van der Waals surface area contributed by atoms with Crippen molar-refractivity contribution in [3.8, 4) is 5.75 Å². The lowest BCUT2D eigenvalue weighted by Crippen LogP contribution is -2.55. The van der Waals surface area contributed by atoms with Crippen molar-refractivity contribution in [1.82, 2.24) is 15.4 Å². The lowest BCUT2D eigenvalue weighted by molar-refractivity contribution is -0.139. The zero-order valence-electron chi connectivity index (χ0n) is 17.0. The lowest BCUT2D eigenvalue weighted by Gasteiger charge is -2.27. The number of para-hydroxylation sites is 2. The average molecular weight is 492 g/mol. The molecule has 4 aromatic rings. The van der Waals surface area contributed by atoms with E-state index in [4.69, 9.17) is 0 Å². The van der Waals surface area contributed by atoms with Crippen molar-refractivity contribution in [1.29, 1.82) is 0 Å². The van der Waals surface area contributed by atoms with Gasteiger partial charge in [0.15, 0.2) is 5.13 Å². The number of phenols is 1. The third-order valence-corrected chi connectivity index (χ3v) is 6.82. The Kier molecular flexibility index (Phi) is 5.43. The predicted octanol–water partition coefficient (Wildman–Crippen LogP) is 2.47. The molecule has 3 heterocycles. The Morgan fingerprint density at radius 3 is 2.56 bits per heavy atom. The van der Waals surface area contributed by atoms with E-state index in [1.807, 2.05) is 0 Å². The number of hydrogen-bond donors (Lipinski definition) is 2. The van der Waals surface area contributed by atoms with E-state index in [1.54, 1.807) is 41.8 Å². The normalized spacial score (nSPS) is 17.5. The number of rotatable bonds is 4. The highest BCUT2D eigenvalue weighted by molar-refractivity contribution is 7.19. The molecule has 168 valence electrons. The SMILES string of the molecule is O=C(N/N=C1\C(=O)N(c2nccs2)C(=O)C(=O)[C@@H]1c1nc2ccccc2s1)c1ccccc1O. The van der Waals surface area contributed by atoms with Gasteiger partial charge in [-0.2, -0.15) is 5.10 Å². The Balaban J connectivity index is 1.59. The summed E-state index contributed by atoms with van der Waals surface area (Å²) in [6, 6.07) is 12.9. The molecule has 0 bridgehead atoms. The van der Waals surface area contributed by atoms with Gasteiger partial charge in [0.2, 0.25) is 5.78 Å². The number of aromatic hydroxyl groups is 1. The van der Waals surface area contributed by atoms with Crippen LogP contribution in [-0.2, 0) is 14.4 Å². The van der Waals surface area contributed by atoms with E-state index in [0.717, 1.165) is 27.4 Å². The molecule has 0 spiro atoms. The van der Waals surface area contributed by atoms with Crippen LogP contribution in [0.3, 0.4) is 0 Å². The minimum absolute atomic E-state index is 0.00540. The number of hydrazone groups is 1. The van der Waals surface area contributed by atoms with E-state index < -0.39 is 29.4 Å². The largest absolute Gasteiger partial charge is 0.507 e. The van der Waals surface area contributed by atoms with Crippen molar-refractivity contribution >= 4 is 67.2 Å². The molecule has 12 heteroatoms. The van der Waals surface area contributed by atoms with Gasteiger partial charge in [0.05, 0.1) is 15.8 Å². The molecule has 5 rings (SSSR count). The summed E-state index contributed by atoms with van der Waals surface area (Å²) in [5.41, 5.74) is 2.34. The number of carbonyl (C=O) groups excluding carboxylic acids is 4. The fourth-order valence-electron chi connectivity index (χ4n) is 3.38. The van der Waals surface area contributed by atoms with Gasteiger partial charge in [-0.05, 0) is 24.3 Å². The number of fused-ring (bicyclic) bond motifs is 1. The molecule has 0 aliphatic carbocycles. The number of piperidine rings is 1. The Morgan fingerprint density at radius 1 is 1.06 bits per heavy atom. The van der Waals surface area contributed by atoms with Crippen LogP contribution in [-0.4, -0.2) is 44.3 Å². The second-order valence-corrected chi connectivity index (χ2v) is 8.97. The number of ketones is 1. The van der Waals surface area contributed by atoms with E-state index in [0.29, 0.717) is 10.4 Å². The van der Waals surface area contributed by atoms with E-state index in [-0.39, 0.29) is 27.2 Å². The summed E-state index contributed by atoms with van der Waals surface area (Å²) in [6.45, 7) is 0. The molecule has 1 fully saturated rings. The smallest absolute Gasteiger partial charge is 0.304 e. The van der Waals surface area contributed by atoms with Crippen molar-refractivity contribution in [2.24, 2.45) is 5.10 Å². The Hall–Kier alpha value is -4.29. The zero-order chi connectivity index (χ0) is 23.8. The van der Waals surface area contributed by atoms with Crippen molar-refractivity contribution in [3.05, 3.63) is 70.7 Å². The van der Waals surface area contributed by atoms with Crippen LogP contribution in [0, 0.1) is 0 Å². The number of anilines is 1. The number of aromatic nitrogens is 2. The predicted molar refractivity (Wildman–Crippen MR) is 125 cm³/mol. The summed E-state index contributed by atoms with van der Waals surface area (Å²) < 4.78 is 0.755. The van der Waals surface area contributed by atoms with Gasteiger partial charge in [0.25, 0.3) is 11.8 Å². The second-order valence-electron chi connectivity index (χ2n) is 7.03. The molecule has 1 aliphatic heterocycles. The molecule has 0 unspecified atom stereocenters. The number of imide groups is 1. The molecule has 3 amide bonds. The van der Waals surface area contributed by atoms with Gasteiger partial charge >= 0.3 is 5.91 Å². The molecule has 0 radical (unpaired) electrons. The number of phenolic OH excluding ortho intramolecular Hbond substituents is 1. The maximum Gasteiger partial charge on any atom is 0.304 e. The van der Waals surface area contributed by atoms with Crippen LogP contribution in [0.4, 0.5) is 5.13 Å². The zero-order valence-corrected chi connectivity index (χ0v) is 18.7. The van der Waals surface area contributed by atoms with Gasteiger partial charge in [0, 0.05) is 11.6 Å². The first kappa shape index (κ1) is 21.6. The molecule has 1 saturated heterocycles. The van der Waals surface area contributed by atoms with Gasteiger partial charge in [-0.15, -0.1) is 22.7 Å². The van der Waals surface area contributed by atoms with Crippen LogP contribution in [0.5, 0.6) is 5.75 Å². The Morgan fingerprint density at radius 2 is 1.82 bits per heavy atom. The van der Waals surface area contributed by atoms with Gasteiger partial charge in [-0.3, -0.25) is 19.2 Å². The molecular formula is C22H13N5O5S2. The minimum atomic E-state index is -1.40. The van der Waals surface area contributed by atoms with Crippen LogP contribution in [0.2, 0.25) is 0 Å². The molecule has 10 nitrogen and oxygen atoms in total. The Bertz CT molecular complexity index is 1460. The number of thiazole rings is 2. The number of hydrogen-bond acceptors (Lipinski definition) is 10. The van der Waals surface area contributed by atoms with Crippen molar-refractivity contribution < 1.29 is 24.3 Å². The summed E-state index contributed by atoms with van der Waals surface area (Å²) in [5, 5.41) is 15.6. The van der Waals surface area contributed by atoms with Crippen molar-refractivity contribution in [2.45, 2.75) is 5.92 Å². The molecule has 34 heavy (non-hydrogen) atoms. The van der Waals surface area contributed by atoms with Crippen LogP contribution >= 0.6 is 22.7 Å². The fourth-order valence-corrected chi connectivity index (χ4v) is 5.09. The number of nitrogens with zero attached hydrogens (tertiary/aromatic N) is 4. The Labute approximate surface area is 199 Å². The molecule has 0 saturated carbocycles. The van der Waals surface area contributed by atoms with E-state index in [2.05, 4.69) is 20.5 Å². The summed E-state index contributed by atoms with van der Waals surface area (Å²) in [4.78, 5) is 61.1. The summed E-state index contributed by atoms with van der Waals surface area (Å²) in [7, 11) is 0. The molecule has 1 atom stereocenters. The highest BCUT2D eigenvalue weighted by atomic mass is 32.1. The molecule has 2 N–H and O–H groups in total. The maximum absolute atomic E-state index is 13.4. The topological polar surface area (TPSA) is 142 Å². The summed E-state index contributed by atoms with van der Waals surface area (Å²) >= 11 is 2.14. The van der Waals surface area contributed by atoms with Gasteiger partial charge in [-0.25, -0.2) is 20.3 Å². The number of benzene rings is 2. The second kappa shape index (κ2) is 8.57. The number of nitrogens with one attached hydrogen (secondary N) is 1. The van der Waals surface area contributed by atoms with Gasteiger partial charge in [-0.1, -0.05) is 24.3 Å². The number of Topliss-reactive ketones (excluding diaryl/α,β-unsaturated/α-hetero) is 1. The average Bonchev–Trinajstić information content (AvgIpc) is 3.51. The molecule has 1 aliphatic rings. The highest BCUT2D eigenvalue weighted by Gasteiger charge is 2.49. The number of carbonyl (C=O) groups is 4. The minimum Gasteiger partial charge on any atom is -0.507 e. The fraction of sp³-hybridized carbons (Fsp3) is 0.0455. The first-order valence-electron chi connectivity index (χ1n) is 9.79. The van der Waals surface area contributed by atoms with Crippen LogP contribution in [0.15, 0.2) is 65.2 Å². The van der Waals surface area contributed by atoms with Gasteiger partial charge < -0.3 is 5.11 Å². The van der Waals surface area contributed by atoms with Crippen LogP contribution < -0.4 is 10.3 Å². The summed E-state index contributed by atoms with van der Waals surface area (Å²) in [5.74, 6) is -5.38. The van der Waals surface area contributed by atoms with Gasteiger partial charge in [0.1, 0.15) is 22.4 Å². The van der Waals surface area contributed by atoms with E-state index in [9.17, 15) is 24.3 Å². The van der Waals surface area contributed by atoms with Crippen LogP contribution in [0.1, 0.15) is 21.3 Å². The lowest BCUT2D eigenvalue weighted by atomic mass is 9.92. The quantitative estimate of drug-likeness (QED) is 0.254. The first-order valence-corrected chi connectivity index (χ1v) is 11.5. The highest BCUT2D eigenvalue weighted by Crippen LogP contribution is 2.34. The number of amides is 3. The maximum atomic E-state index is 13.4. The van der Waals surface area contributed by atoms with Crippen LogP contribution in [0.25, 0.3) is 10.2 Å². The molecular weight excluding hydrogens is 478 g/mol. The molecule has 2 aromatic heterocycles. The molecule has 2 aromatic carbocycles. The summed E-state index contributed by atoms with van der Waals surface area (Å²) in [6.07, 6.45) is 1.39. The monoisotopic (exact) mass is 491 g/mol. The van der Waals surface area contributed by atoms with E-state index >= 15 is 0 Å².